The minimum Gasteiger partial charge on any atom is -0.428 e. The molecule has 0 atom stereocenters. The van der Waals surface area contributed by atoms with Crippen molar-refractivity contribution in [1.29, 1.82) is 0 Å². The average Bonchev–Trinajstić information content (AvgIpc) is 3.34. The van der Waals surface area contributed by atoms with Crippen molar-refractivity contribution in [3.63, 3.8) is 0 Å². The summed E-state index contributed by atoms with van der Waals surface area (Å²) in [5, 5.41) is 24.3. The van der Waals surface area contributed by atoms with Crippen LogP contribution in [0.4, 0.5) is 46.5 Å². The molecule has 0 saturated heterocycles. The van der Waals surface area contributed by atoms with Gasteiger partial charge in [-0.05, 0) is 144 Å². The first-order valence-corrected chi connectivity index (χ1v) is 21.6. The van der Waals surface area contributed by atoms with Crippen LogP contribution in [0.1, 0.15) is 49.4 Å². The number of alkyl halides is 8. The molecule has 0 aliphatic rings. The van der Waals surface area contributed by atoms with Crippen molar-refractivity contribution in [2.24, 2.45) is 5.41 Å². The molecule has 12 nitrogen and oxygen atoms in total. The molecule has 0 bridgehead atoms. The maximum absolute atomic E-state index is 14.1. The fourth-order valence-corrected chi connectivity index (χ4v) is 7.09. The molecular formula is C53H42F8N2O10. The van der Waals surface area contributed by atoms with E-state index >= 15 is 0 Å². The van der Waals surface area contributed by atoms with Crippen molar-refractivity contribution in [2.45, 2.75) is 50.1 Å². The first-order valence-electron chi connectivity index (χ1n) is 21.6. The molecule has 0 radical (unpaired) electrons. The SMILES string of the molecule is Nc1ccc(CC(CC(=O)C=Cc2ccc(OC(=O)c3ccc(OC(F)(F)C(F)F)cc3)cc2)(Cc2ccc(N)cc2)C(O)(O)C(=O)C=Cc2ccc(OC(=O)c3ccc(OC(F)(F)C(F)F)cc3)cc2)cc1. The molecule has 0 unspecified atom stereocenters. The number of rotatable bonds is 22. The Labute approximate surface area is 410 Å². The van der Waals surface area contributed by atoms with Gasteiger partial charge in [0.2, 0.25) is 11.6 Å². The summed E-state index contributed by atoms with van der Waals surface area (Å²) in [4.78, 5) is 53.6. The van der Waals surface area contributed by atoms with E-state index in [9.17, 15) is 64.5 Å². The van der Waals surface area contributed by atoms with Crippen LogP contribution in [-0.4, -0.2) is 64.6 Å². The van der Waals surface area contributed by atoms with Crippen LogP contribution in [-0.2, 0) is 22.4 Å². The quantitative estimate of drug-likeness (QED) is 0.0126. The molecule has 380 valence electrons. The van der Waals surface area contributed by atoms with E-state index in [1.807, 2.05) is 0 Å². The van der Waals surface area contributed by atoms with Gasteiger partial charge >= 0.3 is 37.0 Å². The Morgan fingerprint density at radius 1 is 0.493 bits per heavy atom. The third-order valence-electron chi connectivity index (χ3n) is 10.9. The summed E-state index contributed by atoms with van der Waals surface area (Å²) < 4.78 is 122. The maximum atomic E-state index is 14.1. The topological polar surface area (TPSA) is 198 Å². The number of ketones is 2. The van der Waals surface area contributed by atoms with Gasteiger partial charge in [-0.15, -0.1) is 0 Å². The van der Waals surface area contributed by atoms with Gasteiger partial charge in [-0.25, -0.2) is 9.59 Å². The molecule has 0 aliphatic heterocycles. The van der Waals surface area contributed by atoms with Crippen molar-refractivity contribution in [3.8, 4) is 23.0 Å². The lowest BCUT2D eigenvalue weighted by Crippen LogP contribution is -2.57. The molecule has 0 aliphatic carbocycles. The van der Waals surface area contributed by atoms with Gasteiger partial charge in [0.15, 0.2) is 5.78 Å². The summed E-state index contributed by atoms with van der Waals surface area (Å²) in [5.74, 6) is -8.19. The smallest absolute Gasteiger partial charge is 0.428 e. The van der Waals surface area contributed by atoms with Crippen LogP contribution in [0.5, 0.6) is 23.0 Å². The zero-order valence-corrected chi connectivity index (χ0v) is 37.8. The molecule has 73 heavy (non-hydrogen) atoms. The highest BCUT2D eigenvalue weighted by molar-refractivity contribution is 6.01. The number of nitrogen functional groups attached to an aromatic ring is 2. The van der Waals surface area contributed by atoms with Crippen LogP contribution < -0.4 is 30.4 Å². The largest absolute Gasteiger partial charge is 0.461 e. The average molecular weight is 1020 g/mol. The molecule has 6 N–H and O–H groups in total. The lowest BCUT2D eigenvalue weighted by Gasteiger charge is -2.42. The first-order chi connectivity index (χ1) is 34.4. The highest BCUT2D eigenvalue weighted by atomic mass is 19.3. The van der Waals surface area contributed by atoms with Gasteiger partial charge in [-0.2, -0.15) is 35.1 Å². The highest BCUT2D eigenvalue weighted by Gasteiger charge is 2.54. The molecular weight excluding hydrogens is 977 g/mol. The second kappa shape index (κ2) is 22.8. The number of carbonyl (C=O) groups is 4. The number of benzene rings is 6. The Morgan fingerprint density at radius 2 is 0.836 bits per heavy atom. The third kappa shape index (κ3) is 14.4. The monoisotopic (exact) mass is 1020 g/mol. The summed E-state index contributed by atoms with van der Waals surface area (Å²) >= 11 is 0. The molecule has 6 rings (SSSR count). The van der Waals surface area contributed by atoms with E-state index in [0.717, 1.165) is 60.7 Å². The van der Waals surface area contributed by atoms with Gasteiger partial charge in [-0.3, -0.25) is 9.59 Å². The molecule has 0 amide bonds. The molecule has 0 aromatic heterocycles. The number of nitrogens with two attached hydrogens (primary N) is 2. The lowest BCUT2D eigenvalue weighted by molar-refractivity contribution is -0.253. The molecule has 0 heterocycles. The predicted molar refractivity (Wildman–Crippen MR) is 250 cm³/mol. The van der Waals surface area contributed by atoms with Crippen LogP contribution in [0, 0.1) is 5.41 Å². The summed E-state index contributed by atoms with van der Waals surface area (Å²) in [7, 11) is 0. The van der Waals surface area contributed by atoms with E-state index < -0.39 is 77.7 Å². The molecule has 0 fully saturated rings. The van der Waals surface area contributed by atoms with E-state index in [2.05, 4.69) is 9.47 Å². The summed E-state index contributed by atoms with van der Waals surface area (Å²) in [6, 6.07) is 31.6. The van der Waals surface area contributed by atoms with Gasteiger partial charge < -0.3 is 40.6 Å². The second-order valence-electron chi connectivity index (χ2n) is 16.4. The zero-order valence-electron chi connectivity index (χ0n) is 37.8. The molecule has 6 aromatic carbocycles. The van der Waals surface area contributed by atoms with Gasteiger partial charge in [0.1, 0.15) is 23.0 Å². The van der Waals surface area contributed by atoms with E-state index in [1.54, 1.807) is 48.5 Å². The Kier molecular flexibility index (Phi) is 16.9. The van der Waals surface area contributed by atoms with E-state index in [4.69, 9.17) is 20.9 Å². The van der Waals surface area contributed by atoms with Gasteiger partial charge in [-0.1, -0.05) is 60.7 Å². The number of ether oxygens (including phenoxy) is 4. The van der Waals surface area contributed by atoms with E-state index in [0.29, 0.717) is 33.6 Å². The van der Waals surface area contributed by atoms with Crippen LogP contribution in [0.25, 0.3) is 12.2 Å². The van der Waals surface area contributed by atoms with Gasteiger partial charge in [0.25, 0.3) is 0 Å². The van der Waals surface area contributed by atoms with Crippen LogP contribution in [0.15, 0.2) is 158 Å². The zero-order chi connectivity index (χ0) is 53.1. The number of allylic oxidation sites excluding steroid dienone is 1. The van der Waals surface area contributed by atoms with Crippen LogP contribution in [0.3, 0.4) is 0 Å². The minimum atomic E-state index is -4.75. The summed E-state index contributed by atoms with van der Waals surface area (Å²) in [6.45, 7) is 0. The standard InChI is InChI=1S/C53H42F8N2O10/c54-48(55)52(58,59)72-43-24-11-36(12-25-43)46(66)70-41-20-6-32(7-21-41)5-19-40(64)31-50(29-34-1-15-38(62)16-2-34,30-35-3-17-39(63)18-4-35)51(68,69)45(65)28-10-33-8-22-42(23-9-33)71-47(67)37-13-26-44(27-14-37)73-53(60,61)49(56)57/h1-28,48-49,68-69H,29-31,62-63H2. The Bertz CT molecular complexity index is 2880. The van der Waals surface area contributed by atoms with Crippen molar-refractivity contribution >= 4 is 47.0 Å². The molecule has 0 spiro atoms. The van der Waals surface area contributed by atoms with Gasteiger partial charge in [0, 0.05) is 23.2 Å². The lowest BCUT2D eigenvalue weighted by atomic mass is 9.65. The van der Waals surface area contributed by atoms with Crippen LogP contribution in [0.2, 0.25) is 0 Å². The number of esters is 2. The number of aliphatic hydroxyl groups is 2. The van der Waals surface area contributed by atoms with Crippen molar-refractivity contribution in [2.75, 3.05) is 11.5 Å². The first kappa shape index (κ1) is 54.0. The number of halogens is 8. The normalized spacial score (nSPS) is 12.3. The third-order valence-corrected chi connectivity index (χ3v) is 10.9. The van der Waals surface area contributed by atoms with Crippen LogP contribution >= 0.6 is 0 Å². The second-order valence-corrected chi connectivity index (χ2v) is 16.4. The Morgan fingerprint density at radius 3 is 1.19 bits per heavy atom. The van der Waals surface area contributed by atoms with E-state index in [-0.39, 0.29) is 35.5 Å². The molecule has 6 aromatic rings. The molecule has 20 heteroatoms. The van der Waals surface area contributed by atoms with Crippen molar-refractivity contribution < 1.29 is 83.5 Å². The van der Waals surface area contributed by atoms with Crippen molar-refractivity contribution in [1.82, 2.24) is 0 Å². The predicted octanol–water partition coefficient (Wildman–Crippen LogP) is 10.2. The van der Waals surface area contributed by atoms with Crippen molar-refractivity contribution in [3.05, 3.63) is 191 Å². The number of hydrogen-bond donors (Lipinski definition) is 4. The Balaban J connectivity index is 1.19. The number of carbonyl (C=O) groups excluding carboxylic acids is 4. The highest BCUT2D eigenvalue weighted by Crippen LogP contribution is 2.43. The fraction of sp³-hybridized carbons (Fsp3) is 0.170. The van der Waals surface area contributed by atoms with Gasteiger partial charge in [0.05, 0.1) is 11.1 Å². The van der Waals surface area contributed by atoms with E-state index in [1.165, 1.54) is 60.7 Å². The minimum absolute atomic E-state index is 0.00351. The fourth-order valence-electron chi connectivity index (χ4n) is 7.09. The molecule has 0 saturated carbocycles. The summed E-state index contributed by atoms with van der Waals surface area (Å²) in [6.07, 6.45) is -14.1. The number of hydrogen-bond acceptors (Lipinski definition) is 12. The number of anilines is 2. The maximum Gasteiger partial charge on any atom is 0.461 e. The Hall–Kier alpha value is -8.36. The summed E-state index contributed by atoms with van der Waals surface area (Å²) in [5.41, 5.74) is 12.1.